The number of carbonyl (C=O) groups is 2. The summed E-state index contributed by atoms with van der Waals surface area (Å²) in [7, 11) is 0. The van der Waals surface area contributed by atoms with Gasteiger partial charge in [-0.05, 0) is 55.7 Å². The Morgan fingerprint density at radius 3 is 2.26 bits per heavy atom. The van der Waals surface area contributed by atoms with Gasteiger partial charge in [0.05, 0.1) is 12.2 Å². The monoisotopic (exact) mass is 434 g/mol. The molecule has 166 valence electrons. The number of likely N-dealkylation sites (tertiary alicyclic amines) is 1. The molecular weight excluding hydrogens is 409 g/mol. The molecule has 1 aliphatic rings. The van der Waals surface area contributed by atoms with Gasteiger partial charge in [-0.1, -0.05) is 18.2 Å². The molecule has 0 radical (unpaired) electrons. The normalized spacial score (nSPS) is 14.9. The molecule has 31 heavy (non-hydrogen) atoms. The standard InChI is InChI=1S/C23H25F3N2O3/c24-23(25,26)18-10-8-17(9-11-18)22(30)28-14-12-19(13-15-28)27-21(29)7-4-16-31-20-5-2-1-3-6-20/h1-3,5-6,8-11,19H,4,7,12-16H2,(H,27,29). The highest BCUT2D eigenvalue weighted by Crippen LogP contribution is 2.29. The van der Waals surface area contributed by atoms with E-state index in [1.807, 2.05) is 30.3 Å². The van der Waals surface area contributed by atoms with Gasteiger partial charge in [0.2, 0.25) is 5.91 Å². The van der Waals surface area contributed by atoms with E-state index in [1.54, 1.807) is 4.90 Å². The average Bonchev–Trinajstić information content (AvgIpc) is 2.77. The molecule has 1 saturated heterocycles. The van der Waals surface area contributed by atoms with Crippen molar-refractivity contribution in [3.8, 4) is 5.75 Å². The van der Waals surface area contributed by atoms with Crippen LogP contribution in [0.15, 0.2) is 54.6 Å². The molecule has 8 heteroatoms. The number of carbonyl (C=O) groups excluding carboxylic acids is 2. The molecule has 0 aliphatic carbocycles. The lowest BCUT2D eigenvalue weighted by Crippen LogP contribution is -2.46. The van der Waals surface area contributed by atoms with Crippen LogP contribution in [0.5, 0.6) is 5.75 Å². The van der Waals surface area contributed by atoms with Crippen LogP contribution < -0.4 is 10.1 Å². The van der Waals surface area contributed by atoms with Gasteiger partial charge in [0.15, 0.2) is 0 Å². The van der Waals surface area contributed by atoms with Gasteiger partial charge in [-0.15, -0.1) is 0 Å². The van der Waals surface area contributed by atoms with E-state index in [4.69, 9.17) is 4.74 Å². The van der Waals surface area contributed by atoms with Crippen LogP contribution >= 0.6 is 0 Å². The van der Waals surface area contributed by atoms with Crippen LogP contribution in [0.3, 0.4) is 0 Å². The second-order valence-electron chi connectivity index (χ2n) is 7.47. The molecule has 0 spiro atoms. The fraction of sp³-hybridized carbons (Fsp3) is 0.391. The molecule has 2 amide bonds. The Morgan fingerprint density at radius 1 is 1.00 bits per heavy atom. The van der Waals surface area contributed by atoms with Crippen molar-refractivity contribution in [1.82, 2.24) is 10.2 Å². The first-order valence-electron chi connectivity index (χ1n) is 10.3. The van der Waals surface area contributed by atoms with Crippen molar-refractivity contribution in [2.45, 2.75) is 37.9 Å². The summed E-state index contributed by atoms with van der Waals surface area (Å²) in [4.78, 5) is 26.3. The topological polar surface area (TPSA) is 58.6 Å². The number of hydrogen-bond donors (Lipinski definition) is 1. The van der Waals surface area contributed by atoms with Gasteiger partial charge in [-0.3, -0.25) is 9.59 Å². The van der Waals surface area contributed by atoms with E-state index in [9.17, 15) is 22.8 Å². The van der Waals surface area contributed by atoms with E-state index < -0.39 is 11.7 Å². The van der Waals surface area contributed by atoms with Crippen molar-refractivity contribution in [3.63, 3.8) is 0 Å². The predicted molar refractivity (Wildman–Crippen MR) is 110 cm³/mol. The molecule has 0 unspecified atom stereocenters. The van der Waals surface area contributed by atoms with Crippen molar-refractivity contribution in [1.29, 1.82) is 0 Å². The lowest BCUT2D eigenvalue weighted by molar-refractivity contribution is -0.137. The van der Waals surface area contributed by atoms with Crippen LogP contribution in [-0.2, 0) is 11.0 Å². The van der Waals surface area contributed by atoms with Crippen LogP contribution in [0.1, 0.15) is 41.6 Å². The van der Waals surface area contributed by atoms with Crippen molar-refractivity contribution in [2.24, 2.45) is 0 Å². The number of nitrogens with one attached hydrogen (secondary N) is 1. The highest BCUT2D eigenvalue weighted by Gasteiger charge is 2.31. The fourth-order valence-corrected chi connectivity index (χ4v) is 3.45. The fourth-order valence-electron chi connectivity index (χ4n) is 3.45. The molecule has 0 atom stereocenters. The second-order valence-corrected chi connectivity index (χ2v) is 7.47. The summed E-state index contributed by atoms with van der Waals surface area (Å²) in [5, 5.41) is 2.98. The summed E-state index contributed by atoms with van der Waals surface area (Å²) in [6.07, 6.45) is -2.24. The zero-order chi connectivity index (χ0) is 22.3. The van der Waals surface area contributed by atoms with Gasteiger partial charge in [-0.25, -0.2) is 0 Å². The SMILES string of the molecule is O=C(CCCOc1ccccc1)NC1CCN(C(=O)c2ccc(C(F)(F)F)cc2)CC1. The van der Waals surface area contributed by atoms with E-state index >= 15 is 0 Å². The first-order chi connectivity index (χ1) is 14.8. The molecular formula is C23H25F3N2O3. The zero-order valence-corrected chi connectivity index (χ0v) is 17.0. The second kappa shape index (κ2) is 10.3. The largest absolute Gasteiger partial charge is 0.494 e. The quantitative estimate of drug-likeness (QED) is 0.662. The number of hydrogen-bond acceptors (Lipinski definition) is 3. The highest BCUT2D eigenvalue weighted by molar-refractivity contribution is 5.94. The first-order valence-corrected chi connectivity index (χ1v) is 10.3. The van der Waals surface area contributed by atoms with Crippen molar-refractivity contribution in [2.75, 3.05) is 19.7 Å². The lowest BCUT2D eigenvalue weighted by atomic mass is 10.0. The summed E-state index contributed by atoms with van der Waals surface area (Å²) in [6, 6.07) is 13.6. The number of nitrogens with zero attached hydrogens (tertiary/aromatic N) is 1. The maximum Gasteiger partial charge on any atom is 0.416 e. The molecule has 2 aromatic rings. The minimum atomic E-state index is -4.42. The van der Waals surface area contributed by atoms with Crippen molar-refractivity contribution in [3.05, 3.63) is 65.7 Å². The molecule has 5 nitrogen and oxygen atoms in total. The van der Waals surface area contributed by atoms with Gasteiger partial charge in [0.25, 0.3) is 5.91 Å². The molecule has 0 saturated carbocycles. The number of rotatable bonds is 7. The molecule has 1 fully saturated rings. The summed E-state index contributed by atoms with van der Waals surface area (Å²) in [6.45, 7) is 1.35. The Balaban J connectivity index is 1.37. The Hall–Kier alpha value is -3.03. The number of alkyl halides is 3. The van der Waals surface area contributed by atoms with E-state index in [2.05, 4.69) is 5.32 Å². The van der Waals surface area contributed by atoms with E-state index in [0.29, 0.717) is 45.4 Å². The third-order valence-corrected chi connectivity index (χ3v) is 5.17. The van der Waals surface area contributed by atoms with Crippen LogP contribution in [0, 0.1) is 0 Å². The van der Waals surface area contributed by atoms with Crippen LogP contribution in [0.25, 0.3) is 0 Å². The molecule has 1 heterocycles. The number of benzene rings is 2. The minimum Gasteiger partial charge on any atom is -0.494 e. The summed E-state index contributed by atoms with van der Waals surface area (Å²) < 4.78 is 43.6. The maximum absolute atomic E-state index is 12.7. The lowest BCUT2D eigenvalue weighted by Gasteiger charge is -2.32. The third-order valence-electron chi connectivity index (χ3n) is 5.17. The van der Waals surface area contributed by atoms with Gasteiger partial charge < -0.3 is 15.0 Å². The molecule has 0 aromatic heterocycles. The van der Waals surface area contributed by atoms with Gasteiger partial charge in [0.1, 0.15) is 5.75 Å². The Bertz CT molecular complexity index is 862. The molecule has 1 N–H and O–H groups in total. The van der Waals surface area contributed by atoms with Crippen LogP contribution in [0.2, 0.25) is 0 Å². The van der Waals surface area contributed by atoms with Crippen LogP contribution in [-0.4, -0.2) is 42.5 Å². The molecule has 1 aliphatic heterocycles. The summed E-state index contributed by atoms with van der Waals surface area (Å²) in [5.41, 5.74) is -0.548. The summed E-state index contributed by atoms with van der Waals surface area (Å²) in [5.74, 6) is 0.425. The van der Waals surface area contributed by atoms with Crippen molar-refractivity contribution < 1.29 is 27.5 Å². The molecule has 0 bridgehead atoms. The third kappa shape index (κ3) is 6.73. The number of ether oxygens (including phenoxy) is 1. The number of amides is 2. The smallest absolute Gasteiger partial charge is 0.416 e. The van der Waals surface area contributed by atoms with Gasteiger partial charge in [-0.2, -0.15) is 13.2 Å². The van der Waals surface area contributed by atoms with E-state index in [0.717, 1.165) is 17.9 Å². The average molecular weight is 434 g/mol. The maximum atomic E-state index is 12.7. The van der Waals surface area contributed by atoms with E-state index in [1.165, 1.54) is 12.1 Å². The Kier molecular flexibility index (Phi) is 7.55. The Labute approximate surface area is 179 Å². The predicted octanol–water partition coefficient (Wildman–Crippen LogP) is 4.29. The summed E-state index contributed by atoms with van der Waals surface area (Å²) >= 11 is 0. The molecule has 3 rings (SSSR count). The van der Waals surface area contributed by atoms with Gasteiger partial charge >= 0.3 is 6.18 Å². The van der Waals surface area contributed by atoms with Crippen molar-refractivity contribution >= 4 is 11.8 Å². The number of piperidine rings is 1. The minimum absolute atomic E-state index is 0.0146. The zero-order valence-electron chi connectivity index (χ0n) is 17.0. The molecule has 2 aromatic carbocycles. The number of halogens is 3. The van der Waals surface area contributed by atoms with Crippen LogP contribution in [0.4, 0.5) is 13.2 Å². The highest BCUT2D eigenvalue weighted by atomic mass is 19.4. The number of para-hydroxylation sites is 1. The van der Waals surface area contributed by atoms with Gasteiger partial charge in [0, 0.05) is 31.1 Å². The Morgan fingerprint density at radius 2 is 1.65 bits per heavy atom. The first kappa shape index (κ1) is 22.7. The van der Waals surface area contributed by atoms with E-state index in [-0.39, 0.29) is 23.4 Å².